The summed E-state index contributed by atoms with van der Waals surface area (Å²) in [7, 11) is 1.64. The normalized spacial score (nSPS) is 10.7. The molecule has 0 N–H and O–H groups in total. The molecule has 0 aliphatic rings. The van der Waals surface area contributed by atoms with E-state index < -0.39 is 6.61 Å². The highest BCUT2D eigenvalue weighted by Crippen LogP contribution is 2.19. The Hall–Kier alpha value is -3.35. The number of ether oxygens (including phenoxy) is 2. The first-order valence-corrected chi connectivity index (χ1v) is 8.56. The summed E-state index contributed by atoms with van der Waals surface area (Å²) in [5.41, 5.74) is 1.41. The van der Waals surface area contributed by atoms with E-state index >= 15 is 0 Å². The molecule has 0 saturated heterocycles. The largest absolute Gasteiger partial charge is 0.489 e. The van der Waals surface area contributed by atoms with Crippen LogP contribution in [0.5, 0.6) is 11.5 Å². The van der Waals surface area contributed by atoms with Crippen molar-refractivity contribution >= 4 is 5.91 Å². The Morgan fingerprint density at radius 3 is 2.43 bits per heavy atom. The number of hydrogen-bond acceptors (Lipinski definition) is 4. The number of carbonyl (C=O) groups is 1. The van der Waals surface area contributed by atoms with E-state index in [1.165, 1.54) is 23.3 Å². The second kappa shape index (κ2) is 9.03. The van der Waals surface area contributed by atoms with Gasteiger partial charge in [0.2, 0.25) is 0 Å². The zero-order valence-corrected chi connectivity index (χ0v) is 15.2. The Morgan fingerprint density at radius 1 is 1.04 bits per heavy atom. The standard InChI is InChI=1S/C21H19F2NO4/c1-24(13-15-7-9-18(10-8-15)28-21(22)23)20(25)19-16(11-12-26-19)14-27-17-5-3-2-4-6-17/h2-12,21H,13-14H2,1H3. The van der Waals surface area contributed by atoms with Crippen molar-refractivity contribution < 1.29 is 27.5 Å². The molecule has 0 fully saturated rings. The van der Waals surface area contributed by atoms with Gasteiger partial charge in [-0.2, -0.15) is 8.78 Å². The fourth-order valence-corrected chi connectivity index (χ4v) is 2.61. The molecule has 0 bridgehead atoms. The summed E-state index contributed by atoms with van der Waals surface area (Å²) in [6, 6.07) is 17.1. The molecule has 0 radical (unpaired) electrons. The number of amides is 1. The predicted molar refractivity (Wildman–Crippen MR) is 98.4 cm³/mol. The average molecular weight is 387 g/mol. The molecule has 3 aromatic rings. The van der Waals surface area contributed by atoms with E-state index in [1.807, 2.05) is 30.3 Å². The first-order chi connectivity index (χ1) is 13.5. The van der Waals surface area contributed by atoms with E-state index in [9.17, 15) is 13.6 Å². The number of nitrogens with zero attached hydrogens (tertiary/aromatic N) is 1. The van der Waals surface area contributed by atoms with Crippen molar-refractivity contribution in [1.82, 2.24) is 4.90 Å². The number of rotatable bonds is 8. The van der Waals surface area contributed by atoms with Crippen LogP contribution in [0, 0.1) is 0 Å². The molecule has 0 spiro atoms. The molecule has 146 valence electrons. The molecule has 2 aromatic carbocycles. The fourth-order valence-electron chi connectivity index (χ4n) is 2.61. The maximum atomic E-state index is 12.7. The van der Waals surface area contributed by atoms with Crippen molar-refractivity contribution in [3.63, 3.8) is 0 Å². The van der Waals surface area contributed by atoms with Gasteiger partial charge in [-0.25, -0.2) is 0 Å². The van der Waals surface area contributed by atoms with E-state index in [4.69, 9.17) is 9.15 Å². The number of para-hydroxylation sites is 1. The van der Waals surface area contributed by atoms with Crippen LogP contribution in [0.15, 0.2) is 71.3 Å². The second-order valence-corrected chi connectivity index (χ2v) is 6.06. The van der Waals surface area contributed by atoms with Crippen molar-refractivity contribution in [3.05, 3.63) is 83.8 Å². The predicted octanol–water partition coefficient (Wildman–Crippen LogP) is 4.73. The zero-order valence-electron chi connectivity index (χ0n) is 15.2. The number of alkyl halides is 2. The number of benzene rings is 2. The molecule has 0 unspecified atom stereocenters. The lowest BCUT2D eigenvalue weighted by atomic mass is 10.2. The van der Waals surface area contributed by atoms with Gasteiger partial charge in [0.25, 0.3) is 5.91 Å². The first kappa shape index (κ1) is 19.4. The van der Waals surface area contributed by atoms with Crippen LogP contribution in [0.1, 0.15) is 21.7 Å². The lowest BCUT2D eigenvalue weighted by Gasteiger charge is -2.17. The molecular weight excluding hydrogens is 368 g/mol. The number of carbonyl (C=O) groups excluding carboxylic acids is 1. The third-order valence-electron chi connectivity index (χ3n) is 3.99. The van der Waals surface area contributed by atoms with Gasteiger partial charge in [0.15, 0.2) is 5.76 Å². The zero-order chi connectivity index (χ0) is 19.9. The Bertz CT molecular complexity index is 894. The number of hydrogen-bond donors (Lipinski definition) is 0. The topological polar surface area (TPSA) is 51.9 Å². The Balaban J connectivity index is 1.61. The van der Waals surface area contributed by atoms with Crippen molar-refractivity contribution in [1.29, 1.82) is 0 Å². The second-order valence-electron chi connectivity index (χ2n) is 6.06. The van der Waals surface area contributed by atoms with E-state index in [2.05, 4.69) is 4.74 Å². The number of halogens is 2. The van der Waals surface area contributed by atoms with Crippen LogP contribution >= 0.6 is 0 Å². The molecule has 5 nitrogen and oxygen atoms in total. The summed E-state index contributed by atoms with van der Waals surface area (Å²) in [5.74, 6) is 0.668. The molecule has 3 rings (SSSR count). The summed E-state index contributed by atoms with van der Waals surface area (Å²) in [5, 5.41) is 0. The molecule has 1 aromatic heterocycles. The van der Waals surface area contributed by atoms with Crippen LogP contribution in [0.3, 0.4) is 0 Å². The van der Waals surface area contributed by atoms with Crippen LogP contribution in [0.25, 0.3) is 0 Å². The van der Waals surface area contributed by atoms with Crippen LogP contribution in [0.4, 0.5) is 8.78 Å². The molecular formula is C21H19F2NO4. The molecule has 7 heteroatoms. The summed E-state index contributed by atoms with van der Waals surface area (Å²) >= 11 is 0. The van der Waals surface area contributed by atoms with Gasteiger partial charge in [-0.05, 0) is 35.9 Å². The molecule has 0 aliphatic carbocycles. The molecule has 0 saturated carbocycles. The quantitative estimate of drug-likeness (QED) is 0.561. The van der Waals surface area contributed by atoms with Crippen molar-refractivity contribution in [2.75, 3.05) is 7.05 Å². The highest BCUT2D eigenvalue weighted by atomic mass is 19.3. The van der Waals surface area contributed by atoms with Gasteiger partial charge in [-0.1, -0.05) is 30.3 Å². The molecule has 28 heavy (non-hydrogen) atoms. The number of furan rings is 1. The minimum absolute atomic E-state index is 0.0686. The van der Waals surface area contributed by atoms with Crippen molar-refractivity contribution in [2.45, 2.75) is 19.8 Å². The van der Waals surface area contributed by atoms with Gasteiger partial charge in [-0.15, -0.1) is 0 Å². The Morgan fingerprint density at radius 2 is 1.75 bits per heavy atom. The maximum absolute atomic E-state index is 12.7. The molecule has 1 amide bonds. The van der Waals surface area contributed by atoms with Gasteiger partial charge < -0.3 is 18.8 Å². The van der Waals surface area contributed by atoms with Crippen molar-refractivity contribution in [3.8, 4) is 11.5 Å². The molecule has 0 atom stereocenters. The minimum Gasteiger partial charge on any atom is -0.489 e. The van der Waals surface area contributed by atoms with Crippen molar-refractivity contribution in [2.24, 2.45) is 0 Å². The van der Waals surface area contributed by atoms with E-state index in [0.29, 0.717) is 11.3 Å². The Labute approximate surface area is 161 Å². The van der Waals surface area contributed by atoms with E-state index in [1.54, 1.807) is 25.2 Å². The maximum Gasteiger partial charge on any atom is 0.387 e. The van der Waals surface area contributed by atoms with Gasteiger partial charge in [0, 0.05) is 19.2 Å². The van der Waals surface area contributed by atoms with Gasteiger partial charge >= 0.3 is 6.61 Å². The highest BCUT2D eigenvalue weighted by molar-refractivity contribution is 5.92. The van der Waals surface area contributed by atoms with Crippen LogP contribution in [0.2, 0.25) is 0 Å². The summed E-state index contributed by atoms with van der Waals surface area (Å²) in [6.07, 6.45) is 1.45. The lowest BCUT2D eigenvalue weighted by Crippen LogP contribution is -2.26. The summed E-state index contributed by atoms with van der Waals surface area (Å²) in [4.78, 5) is 14.2. The minimum atomic E-state index is -2.87. The third-order valence-corrected chi connectivity index (χ3v) is 3.99. The Kier molecular flexibility index (Phi) is 6.26. The average Bonchev–Trinajstić information content (AvgIpc) is 3.16. The fraction of sp³-hybridized carbons (Fsp3) is 0.190. The highest BCUT2D eigenvalue weighted by Gasteiger charge is 2.20. The third kappa shape index (κ3) is 5.09. The lowest BCUT2D eigenvalue weighted by molar-refractivity contribution is -0.0498. The SMILES string of the molecule is CN(Cc1ccc(OC(F)F)cc1)C(=O)c1occc1COc1ccccc1. The summed E-state index contributed by atoms with van der Waals surface area (Å²) in [6.45, 7) is -2.38. The smallest absolute Gasteiger partial charge is 0.387 e. The first-order valence-electron chi connectivity index (χ1n) is 8.56. The van der Waals surface area contributed by atoms with Gasteiger partial charge in [0.1, 0.15) is 18.1 Å². The van der Waals surface area contributed by atoms with E-state index in [0.717, 1.165) is 5.56 Å². The van der Waals surface area contributed by atoms with E-state index in [-0.39, 0.29) is 30.6 Å². The summed E-state index contributed by atoms with van der Waals surface area (Å²) < 4.78 is 39.8. The molecule has 0 aliphatic heterocycles. The van der Waals surface area contributed by atoms with Gasteiger partial charge in [-0.3, -0.25) is 4.79 Å². The van der Waals surface area contributed by atoms with Crippen LogP contribution < -0.4 is 9.47 Å². The van der Waals surface area contributed by atoms with Crippen LogP contribution in [-0.4, -0.2) is 24.5 Å². The monoisotopic (exact) mass is 387 g/mol. The van der Waals surface area contributed by atoms with Crippen LogP contribution in [-0.2, 0) is 13.2 Å². The molecule has 1 heterocycles. The van der Waals surface area contributed by atoms with Gasteiger partial charge in [0.05, 0.1) is 6.26 Å².